The van der Waals surface area contributed by atoms with E-state index in [4.69, 9.17) is 0 Å². The van der Waals surface area contributed by atoms with Crippen molar-refractivity contribution in [2.45, 2.75) is 44.6 Å². The molecule has 0 amide bonds. The second kappa shape index (κ2) is 4.43. The predicted molar refractivity (Wildman–Crippen MR) is 53.6 cm³/mol. The van der Waals surface area contributed by atoms with Crippen molar-refractivity contribution in [3.63, 3.8) is 0 Å². The summed E-state index contributed by atoms with van der Waals surface area (Å²) >= 11 is 0. The summed E-state index contributed by atoms with van der Waals surface area (Å²) in [5, 5.41) is 13.0. The number of nitrogens with one attached hydrogen (secondary N) is 1. The molecule has 13 heavy (non-hydrogen) atoms. The second-order valence-corrected chi connectivity index (χ2v) is 4.79. The Hall–Kier alpha value is -0.0800. The van der Waals surface area contributed by atoms with E-state index in [0.717, 1.165) is 31.2 Å². The zero-order valence-electron chi connectivity index (χ0n) is 8.34. The largest absolute Gasteiger partial charge is 0.393 e. The van der Waals surface area contributed by atoms with Crippen molar-refractivity contribution in [2.24, 2.45) is 11.8 Å². The van der Waals surface area contributed by atoms with Crippen molar-refractivity contribution in [3.8, 4) is 0 Å². The van der Waals surface area contributed by atoms with Crippen LogP contribution in [0, 0.1) is 11.8 Å². The predicted octanol–water partition coefficient (Wildman–Crippen LogP) is 1.54. The number of hydrogen-bond acceptors (Lipinski definition) is 2. The molecule has 0 spiro atoms. The van der Waals surface area contributed by atoms with Gasteiger partial charge < -0.3 is 10.4 Å². The standard InChI is InChI=1S/C11H21NO/c13-11-3-1-2-10(6-11)8-12-7-9-4-5-9/h9-13H,1-8H2. The Morgan fingerprint density at radius 2 is 1.77 bits per heavy atom. The van der Waals surface area contributed by atoms with Crippen LogP contribution in [-0.4, -0.2) is 24.3 Å². The van der Waals surface area contributed by atoms with E-state index in [1.807, 2.05) is 0 Å². The highest BCUT2D eigenvalue weighted by Gasteiger charge is 2.23. The first-order chi connectivity index (χ1) is 6.34. The van der Waals surface area contributed by atoms with Gasteiger partial charge in [0.05, 0.1) is 6.10 Å². The Morgan fingerprint density at radius 3 is 2.46 bits per heavy atom. The van der Waals surface area contributed by atoms with Crippen molar-refractivity contribution in [1.29, 1.82) is 0 Å². The van der Waals surface area contributed by atoms with Gasteiger partial charge in [-0.2, -0.15) is 0 Å². The van der Waals surface area contributed by atoms with E-state index in [2.05, 4.69) is 5.32 Å². The maximum Gasteiger partial charge on any atom is 0.0543 e. The molecule has 0 aromatic heterocycles. The van der Waals surface area contributed by atoms with Crippen LogP contribution in [-0.2, 0) is 0 Å². The minimum atomic E-state index is -0.0125. The van der Waals surface area contributed by atoms with Crippen LogP contribution >= 0.6 is 0 Å². The lowest BCUT2D eigenvalue weighted by Crippen LogP contribution is -2.30. The van der Waals surface area contributed by atoms with Crippen molar-refractivity contribution < 1.29 is 5.11 Å². The highest BCUT2D eigenvalue weighted by Crippen LogP contribution is 2.28. The lowest BCUT2D eigenvalue weighted by atomic mass is 9.87. The number of aliphatic hydroxyl groups excluding tert-OH is 1. The molecule has 0 heterocycles. The van der Waals surface area contributed by atoms with Crippen molar-refractivity contribution in [2.75, 3.05) is 13.1 Å². The highest BCUT2D eigenvalue weighted by molar-refractivity contribution is 4.78. The van der Waals surface area contributed by atoms with E-state index in [1.165, 1.54) is 32.2 Å². The van der Waals surface area contributed by atoms with Gasteiger partial charge in [0.2, 0.25) is 0 Å². The SMILES string of the molecule is OC1CCCC(CNCC2CC2)C1. The van der Waals surface area contributed by atoms with E-state index in [-0.39, 0.29) is 6.10 Å². The Bertz CT molecular complexity index is 156. The van der Waals surface area contributed by atoms with Crippen molar-refractivity contribution in [3.05, 3.63) is 0 Å². The smallest absolute Gasteiger partial charge is 0.0543 e. The van der Waals surface area contributed by atoms with Gasteiger partial charge in [0.25, 0.3) is 0 Å². The summed E-state index contributed by atoms with van der Waals surface area (Å²) in [6, 6.07) is 0. The fourth-order valence-electron chi connectivity index (χ4n) is 2.26. The summed E-state index contributed by atoms with van der Waals surface area (Å²) in [5.41, 5.74) is 0. The van der Waals surface area contributed by atoms with Crippen molar-refractivity contribution in [1.82, 2.24) is 5.32 Å². The maximum atomic E-state index is 9.47. The molecule has 0 aromatic rings. The normalized spacial score (nSPS) is 34.8. The molecule has 0 aromatic carbocycles. The number of rotatable bonds is 4. The summed E-state index contributed by atoms with van der Waals surface area (Å²) in [5.74, 6) is 1.72. The molecule has 0 radical (unpaired) electrons. The van der Waals surface area contributed by atoms with Crippen LogP contribution in [0.2, 0.25) is 0 Å². The molecule has 2 N–H and O–H groups in total. The van der Waals surface area contributed by atoms with E-state index in [0.29, 0.717) is 0 Å². The Morgan fingerprint density at radius 1 is 1.00 bits per heavy atom. The second-order valence-electron chi connectivity index (χ2n) is 4.79. The van der Waals surface area contributed by atoms with Crippen LogP contribution in [0.4, 0.5) is 0 Å². The minimum absolute atomic E-state index is 0.0125. The third kappa shape index (κ3) is 3.28. The first-order valence-corrected chi connectivity index (χ1v) is 5.73. The van der Waals surface area contributed by atoms with Gasteiger partial charge in [-0.25, -0.2) is 0 Å². The lowest BCUT2D eigenvalue weighted by molar-refractivity contribution is 0.101. The molecule has 76 valence electrons. The van der Waals surface area contributed by atoms with Crippen LogP contribution in [0.1, 0.15) is 38.5 Å². The van der Waals surface area contributed by atoms with Gasteiger partial charge >= 0.3 is 0 Å². The fourth-order valence-corrected chi connectivity index (χ4v) is 2.26. The summed E-state index contributed by atoms with van der Waals surface area (Å²) in [4.78, 5) is 0. The van der Waals surface area contributed by atoms with Gasteiger partial charge in [-0.1, -0.05) is 6.42 Å². The number of aliphatic hydroxyl groups is 1. The van der Waals surface area contributed by atoms with E-state index >= 15 is 0 Å². The molecule has 2 nitrogen and oxygen atoms in total. The van der Waals surface area contributed by atoms with Crippen molar-refractivity contribution >= 4 is 0 Å². The van der Waals surface area contributed by atoms with Crippen LogP contribution in [0.25, 0.3) is 0 Å². The Labute approximate surface area is 80.7 Å². The van der Waals surface area contributed by atoms with E-state index in [9.17, 15) is 5.11 Å². The van der Waals surface area contributed by atoms with Gasteiger partial charge in [0.15, 0.2) is 0 Å². The first kappa shape index (κ1) is 9.47. The summed E-state index contributed by atoms with van der Waals surface area (Å²) in [6.45, 7) is 2.35. The molecule has 2 fully saturated rings. The zero-order chi connectivity index (χ0) is 9.10. The molecular formula is C11H21NO. The molecule has 2 aliphatic carbocycles. The summed E-state index contributed by atoms with van der Waals surface area (Å²) in [7, 11) is 0. The quantitative estimate of drug-likeness (QED) is 0.693. The average Bonchev–Trinajstić information content (AvgIpc) is 2.88. The Kier molecular flexibility index (Phi) is 3.23. The van der Waals surface area contributed by atoms with Gasteiger partial charge in [0, 0.05) is 0 Å². The van der Waals surface area contributed by atoms with Gasteiger partial charge in [-0.05, 0) is 57.0 Å². The molecule has 0 aliphatic heterocycles. The average molecular weight is 183 g/mol. The van der Waals surface area contributed by atoms with Crippen LogP contribution < -0.4 is 5.32 Å². The molecule has 2 aliphatic rings. The van der Waals surface area contributed by atoms with Gasteiger partial charge in [0.1, 0.15) is 0 Å². The summed E-state index contributed by atoms with van der Waals surface area (Å²) in [6.07, 6.45) is 7.43. The van der Waals surface area contributed by atoms with Gasteiger partial charge in [-0.15, -0.1) is 0 Å². The van der Waals surface area contributed by atoms with Crippen LogP contribution in [0.15, 0.2) is 0 Å². The lowest BCUT2D eigenvalue weighted by Gasteiger charge is -2.25. The molecule has 2 unspecified atom stereocenters. The van der Waals surface area contributed by atoms with Crippen LogP contribution in [0.5, 0.6) is 0 Å². The minimum Gasteiger partial charge on any atom is -0.393 e. The summed E-state index contributed by atoms with van der Waals surface area (Å²) < 4.78 is 0. The molecule has 0 saturated heterocycles. The van der Waals surface area contributed by atoms with E-state index < -0.39 is 0 Å². The molecule has 2 atom stereocenters. The molecule has 2 heteroatoms. The zero-order valence-corrected chi connectivity index (χ0v) is 8.34. The third-order valence-corrected chi connectivity index (χ3v) is 3.32. The topological polar surface area (TPSA) is 32.3 Å². The monoisotopic (exact) mass is 183 g/mol. The number of hydrogen-bond donors (Lipinski definition) is 2. The van der Waals surface area contributed by atoms with E-state index in [1.54, 1.807) is 0 Å². The third-order valence-electron chi connectivity index (χ3n) is 3.32. The van der Waals surface area contributed by atoms with Gasteiger partial charge in [-0.3, -0.25) is 0 Å². The molecular weight excluding hydrogens is 162 g/mol. The first-order valence-electron chi connectivity index (χ1n) is 5.73. The molecule has 2 saturated carbocycles. The molecule has 0 bridgehead atoms. The molecule has 2 rings (SSSR count). The fraction of sp³-hybridized carbons (Fsp3) is 1.00. The highest BCUT2D eigenvalue weighted by atomic mass is 16.3. The maximum absolute atomic E-state index is 9.47. The van der Waals surface area contributed by atoms with Crippen LogP contribution in [0.3, 0.4) is 0 Å². The Balaban J connectivity index is 1.56.